The number of nitrogens with zero attached hydrogens (tertiary/aromatic N) is 1. The molecule has 2 rings (SSSR count). The standard InChI is InChI=1S/C12H20N2O4S2/c1-18-8-4-10(11(15)16)14(6-8)12(17)13-5-9-7-19-2-3-20-9/h8-10H,2-7H2,1H3,(H,13,17)(H,15,16). The minimum atomic E-state index is -0.970. The lowest BCUT2D eigenvalue weighted by molar-refractivity contribution is -0.141. The first-order valence-electron chi connectivity index (χ1n) is 6.61. The molecule has 0 saturated carbocycles. The van der Waals surface area contributed by atoms with Crippen LogP contribution in [0.4, 0.5) is 4.79 Å². The molecule has 6 nitrogen and oxygen atoms in total. The molecule has 0 aromatic heterocycles. The Morgan fingerprint density at radius 3 is 2.85 bits per heavy atom. The SMILES string of the molecule is COC1CC(C(=O)O)N(C(=O)NCC2CSCCS2)C1. The highest BCUT2D eigenvalue weighted by Crippen LogP contribution is 2.24. The number of aliphatic carboxylic acids is 1. The fourth-order valence-electron chi connectivity index (χ4n) is 2.38. The van der Waals surface area contributed by atoms with Crippen molar-refractivity contribution >= 4 is 35.5 Å². The molecule has 0 aromatic carbocycles. The Bertz CT molecular complexity index is 363. The van der Waals surface area contributed by atoms with Crippen molar-refractivity contribution in [2.45, 2.75) is 23.8 Å². The molecular formula is C12H20N2O4S2. The highest BCUT2D eigenvalue weighted by molar-refractivity contribution is 8.06. The van der Waals surface area contributed by atoms with Gasteiger partial charge in [0, 0.05) is 49.1 Å². The van der Waals surface area contributed by atoms with Gasteiger partial charge in [0.15, 0.2) is 0 Å². The zero-order valence-corrected chi connectivity index (χ0v) is 13.0. The van der Waals surface area contributed by atoms with Crippen LogP contribution in [-0.4, -0.2) is 76.9 Å². The third kappa shape index (κ3) is 3.95. The van der Waals surface area contributed by atoms with Crippen LogP contribution in [0.15, 0.2) is 0 Å². The monoisotopic (exact) mass is 320 g/mol. The summed E-state index contributed by atoms with van der Waals surface area (Å²) in [6, 6.07) is -1.08. The van der Waals surface area contributed by atoms with Gasteiger partial charge < -0.3 is 20.1 Å². The number of rotatable bonds is 4. The topological polar surface area (TPSA) is 78.9 Å². The maximum atomic E-state index is 12.1. The molecule has 3 atom stereocenters. The molecule has 2 aliphatic heterocycles. The third-order valence-electron chi connectivity index (χ3n) is 3.51. The van der Waals surface area contributed by atoms with Gasteiger partial charge in [0.2, 0.25) is 0 Å². The second-order valence-electron chi connectivity index (χ2n) is 4.85. The van der Waals surface area contributed by atoms with Gasteiger partial charge in [-0.3, -0.25) is 0 Å². The van der Waals surface area contributed by atoms with Crippen LogP contribution in [0.5, 0.6) is 0 Å². The molecule has 8 heteroatoms. The summed E-state index contributed by atoms with van der Waals surface area (Å²) >= 11 is 3.76. The molecule has 2 saturated heterocycles. The lowest BCUT2D eigenvalue weighted by atomic mass is 10.2. The zero-order valence-electron chi connectivity index (χ0n) is 11.4. The average Bonchev–Trinajstić information content (AvgIpc) is 2.90. The van der Waals surface area contributed by atoms with E-state index < -0.39 is 12.0 Å². The number of ether oxygens (including phenoxy) is 1. The van der Waals surface area contributed by atoms with Crippen LogP contribution in [-0.2, 0) is 9.53 Å². The van der Waals surface area contributed by atoms with Crippen LogP contribution in [0, 0.1) is 0 Å². The van der Waals surface area contributed by atoms with Crippen molar-refractivity contribution in [3.05, 3.63) is 0 Å². The van der Waals surface area contributed by atoms with Crippen LogP contribution >= 0.6 is 23.5 Å². The van der Waals surface area contributed by atoms with Crippen LogP contribution < -0.4 is 5.32 Å². The molecule has 0 radical (unpaired) electrons. The van der Waals surface area contributed by atoms with Gasteiger partial charge in [-0.1, -0.05) is 0 Å². The fourth-order valence-corrected chi connectivity index (χ4v) is 5.00. The normalized spacial score (nSPS) is 30.2. The number of thioether (sulfide) groups is 2. The number of amides is 2. The second kappa shape index (κ2) is 7.42. The van der Waals surface area contributed by atoms with E-state index in [4.69, 9.17) is 4.74 Å². The number of carboxylic acid groups (broad SMARTS) is 1. The Labute approximate surface area is 127 Å². The summed E-state index contributed by atoms with van der Waals surface area (Å²) < 4.78 is 5.17. The molecule has 0 aliphatic carbocycles. The number of carbonyl (C=O) groups excluding carboxylic acids is 1. The van der Waals surface area contributed by atoms with Crippen molar-refractivity contribution in [2.75, 3.05) is 37.5 Å². The third-order valence-corrected chi connectivity index (χ3v) is 6.35. The molecule has 0 aromatic rings. The number of hydrogen-bond acceptors (Lipinski definition) is 5. The number of nitrogens with one attached hydrogen (secondary N) is 1. The van der Waals surface area contributed by atoms with Gasteiger partial charge in [-0.2, -0.15) is 23.5 Å². The number of carboxylic acids is 1. The van der Waals surface area contributed by atoms with E-state index in [0.717, 1.165) is 17.3 Å². The summed E-state index contributed by atoms with van der Waals surface area (Å²) in [6.45, 7) is 0.933. The van der Waals surface area contributed by atoms with Gasteiger partial charge in [-0.15, -0.1) is 0 Å². The Hall–Kier alpha value is -0.600. The highest BCUT2D eigenvalue weighted by atomic mass is 32.2. The minimum Gasteiger partial charge on any atom is -0.480 e. The maximum Gasteiger partial charge on any atom is 0.326 e. The summed E-state index contributed by atoms with van der Waals surface area (Å²) in [6.07, 6.45) is 0.161. The van der Waals surface area contributed by atoms with Crippen LogP contribution in [0.1, 0.15) is 6.42 Å². The maximum absolute atomic E-state index is 12.1. The summed E-state index contributed by atoms with van der Waals surface area (Å²) in [5.74, 6) is 2.34. The molecule has 3 unspecified atom stereocenters. The largest absolute Gasteiger partial charge is 0.480 e. The Morgan fingerprint density at radius 2 is 2.25 bits per heavy atom. The number of hydrogen-bond donors (Lipinski definition) is 2. The summed E-state index contributed by atoms with van der Waals surface area (Å²) in [5.41, 5.74) is 0. The van der Waals surface area contributed by atoms with Gasteiger partial charge in [0.1, 0.15) is 6.04 Å². The predicted octanol–water partition coefficient (Wildman–Crippen LogP) is 0.719. The molecule has 2 aliphatic rings. The van der Waals surface area contributed by atoms with Crippen LogP contribution in [0.2, 0.25) is 0 Å². The van der Waals surface area contributed by atoms with Crippen molar-refractivity contribution in [2.24, 2.45) is 0 Å². The molecule has 2 N–H and O–H groups in total. The lowest BCUT2D eigenvalue weighted by Gasteiger charge is -2.25. The lowest BCUT2D eigenvalue weighted by Crippen LogP contribution is -2.48. The average molecular weight is 320 g/mol. The van der Waals surface area contributed by atoms with E-state index in [-0.39, 0.29) is 12.1 Å². The molecule has 2 heterocycles. The van der Waals surface area contributed by atoms with E-state index in [9.17, 15) is 14.7 Å². The second-order valence-corrected chi connectivity index (χ2v) is 7.41. The summed E-state index contributed by atoms with van der Waals surface area (Å²) in [5, 5.41) is 12.5. The Balaban J connectivity index is 1.85. The summed E-state index contributed by atoms with van der Waals surface area (Å²) in [7, 11) is 1.54. The number of methoxy groups -OCH3 is 1. The smallest absolute Gasteiger partial charge is 0.326 e. The van der Waals surface area contributed by atoms with Crippen LogP contribution in [0.3, 0.4) is 0 Å². The van der Waals surface area contributed by atoms with Crippen molar-refractivity contribution < 1.29 is 19.4 Å². The number of urea groups is 1. The molecule has 0 spiro atoms. The first kappa shape index (κ1) is 15.8. The van der Waals surface area contributed by atoms with Crippen molar-refractivity contribution in [1.82, 2.24) is 10.2 Å². The zero-order chi connectivity index (χ0) is 14.5. The van der Waals surface area contributed by atoms with Crippen molar-refractivity contribution in [1.29, 1.82) is 0 Å². The summed E-state index contributed by atoms with van der Waals surface area (Å²) in [4.78, 5) is 24.7. The van der Waals surface area contributed by atoms with E-state index in [1.807, 2.05) is 23.5 Å². The van der Waals surface area contributed by atoms with E-state index in [1.165, 1.54) is 4.90 Å². The Morgan fingerprint density at radius 1 is 1.45 bits per heavy atom. The van der Waals surface area contributed by atoms with E-state index in [1.54, 1.807) is 7.11 Å². The molecule has 2 fully saturated rings. The fraction of sp³-hybridized carbons (Fsp3) is 0.833. The number of likely N-dealkylation sites (tertiary alicyclic amines) is 1. The van der Waals surface area contributed by atoms with Gasteiger partial charge in [-0.25, -0.2) is 9.59 Å². The van der Waals surface area contributed by atoms with E-state index in [0.29, 0.717) is 24.8 Å². The highest BCUT2D eigenvalue weighted by Gasteiger charge is 2.39. The quantitative estimate of drug-likeness (QED) is 0.795. The van der Waals surface area contributed by atoms with Gasteiger partial charge in [0.05, 0.1) is 6.10 Å². The Kier molecular flexibility index (Phi) is 5.86. The first-order valence-corrected chi connectivity index (χ1v) is 8.81. The van der Waals surface area contributed by atoms with Crippen molar-refractivity contribution in [3.8, 4) is 0 Å². The molecule has 2 amide bonds. The molecule has 114 valence electrons. The molecular weight excluding hydrogens is 300 g/mol. The minimum absolute atomic E-state index is 0.193. The van der Waals surface area contributed by atoms with Gasteiger partial charge >= 0.3 is 12.0 Å². The first-order chi connectivity index (χ1) is 9.61. The van der Waals surface area contributed by atoms with Crippen LogP contribution in [0.25, 0.3) is 0 Å². The van der Waals surface area contributed by atoms with E-state index in [2.05, 4.69) is 5.32 Å². The predicted molar refractivity (Wildman–Crippen MR) is 80.5 cm³/mol. The van der Waals surface area contributed by atoms with Crippen molar-refractivity contribution in [3.63, 3.8) is 0 Å². The van der Waals surface area contributed by atoms with Gasteiger partial charge in [-0.05, 0) is 0 Å². The number of carbonyl (C=O) groups is 2. The van der Waals surface area contributed by atoms with Gasteiger partial charge in [0.25, 0.3) is 0 Å². The van der Waals surface area contributed by atoms with E-state index >= 15 is 0 Å². The molecule has 0 bridgehead atoms. The molecule has 20 heavy (non-hydrogen) atoms.